The van der Waals surface area contributed by atoms with Gasteiger partial charge in [-0.15, -0.1) is 0 Å². The topological polar surface area (TPSA) is 101 Å². The van der Waals surface area contributed by atoms with Crippen molar-refractivity contribution in [2.45, 2.75) is 40.7 Å². The molecule has 0 radical (unpaired) electrons. The fourth-order valence-electron chi connectivity index (χ4n) is 3.55. The monoisotopic (exact) mass is 508 g/mol. The molecule has 194 valence electrons. The van der Waals surface area contributed by atoms with Gasteiger partial charge in [0, 0.05) is 28.4 Å². The number of benzene rings is 2. The standard InChI is InChI=1S/C30H32N6O2/c1-19(2)22(5)35-30(37)31-14-6-7-23-9-12-27-26(16-23)29(34-18-33-27)36-24-10-13-28(20(3)15-24)38-25-11-8-21(4)32-17-25/h8-13,15-19,22H,14H2,1-5H3,(H2,31,35,37)(H,33,34,36). The van der Waals surface area contributed by atoms with Gasteiger partial charge in [0.2, 0.25) is 0 Å². The molecule has 8 nitrogen and oxygen atoms in total. The van der Waals surface area contributed by atoms with E-state index in [-0.39, 0.29) is 18.6 Å². The quantitative estimate of drug-likeness (QED) is 0.270. The van der Waals surface area contributed by atoms with E-state index in [1.54, 1.807) is 6.20 Å². The summed E-state index contributed by atoms with van der Waals surface area (Å²) in [6.45, 7) is 10.3. The normalized spacial score (nSPS) is 11.4. The van der Waals surface area contributed by atoms with Gasteiger partial charge in [0.1, 0.15) is 23.6 Å². The molecule has 8 heteroatoms. The third-order valence-electron chi connectivity index (χ3n) is 6.11. The highest BCUT2D eigenvalue weighted by Gasteiger charge is 2.10. The van der Waals surface area contributed by atoms with Crippen LogP contribution in [0.5, 0.6) is 11.5 Å². The van der Waals surface area contributed by atoms with E-state index in [0.717, 1.165) is 39.2 Å². The van der Waals surface area contributed by atoms with Gasteiger partial charge in [0.05, 0.1) is 18.3 Å². The Morgan fingerprint density at radius 1 is 1.00 bits per heavy atom. The van der Waals surface area contributed by atoms with Crippen LogP contribution in [0.4, 0.5) is 16.3 Å². The van der Waals surface area contributed by atoms with Crippen LogP contribution in [0.1, 0.15) is 37.6 Å². The van der Waals surface area contributed by atoms with Crippen molar-refractivity contribution in [3.8, 4) is 23.3 Å². The molecular weight excluding hydrogens is 476 g/mol. The molecule has 0 aliphatic carbocycles. The van der Waals surface area contributed by atoms with Crippen molar-refractivity contribution in [2.24, 2.45) is 5.92 Å². The maximum absolute atomic E-state index is 12.0. The number of carbonyl (C=O) groups excluding carboxylic acids is 1. The SMILES string of the molecule is Cc1ccc(Oc2ccc(Nc3ncnc4ccc(C#CCNC(=O)NC(C)C(C)C)cc34)cc2C)cn1. The Labute approximate surface area is 223 Å². The lowest BCUT2D eigenvalue weighted by molar-refractivity contribution is 0.235. The van der Waals surface area contributed by atoms with Gasteiger partial charge in [-0.25, -0.2) is 14.8 Å². The van der Waals surface area contributed by atoms with Crippen molar-refractivity contribution in [1.82, 2.24) is 25.6 Å². The number of aryl methyl sites for hydroxylation is 2. The zero-order valence-electron chi connectivity index (χ0n) is 22.3. The molecule has 1 unspecified atom stereocenters. The van der Waals surface area contributed by atoms with E-state index in [4.69, 9.17) is 4.74 Å². The van der Waals surface area contributed by atoms with Crippen molar-refractivity contribution >= 4 is 28.4 Å². The van der Waals surface area contributed by atoms with Gasteiger partial charge in [0.25, 0.3) is 0 Å². The summed E-state index contributed by atoms with van der Waals surface area (Å²) in [5, 5.41) is 9.91. The Kier molecular flexibility index (Phi) is 8.39. The Hall–Kier alpha value is -4.64. The van der Waals surface area contributed by atoms with Crippen molar-refractivity contribution in [1.29, 1.82) is 0 Å². The minimum absolute atomic E-state index is 0.0902. The Bertz CT molecular complexity index is 1490. The summed E-state index contributed by atoms with van der Waals surface area (Å²) in [7, 11) is 0. The molecule has 0 aliphatic rings. The average Bonchev–Trinajstić information content (AvgIpc) is 2.89. The molecule has 4 rings (SSSR count). The number of fused-ring (bicyclic) bond motifs is 1. The molecule has 2 amide bonds. The van der Waals surface area contributed by atoms with Gasteiger partial charge in [-0.1, -0.05) is 25.7 Å². The van der Waals surface area contributed by atoms with Crippen LogP contribution in [-0.4, -0.2) is 33.6 Å². The fraction of sp³-hybridized carbons (Fsp3) is 0.267. The number of rotatable bonds is 7. The lowest BCUT2D eigenvalue weighted by Crippen LogP contribution is -2.43. The number of anilines is 2. The van der Waals surface area contributed by atoms with Crippen LogP contribution in [0.15, 0.2) is 61.1 Å². The molecule has 38 heavy (non-hydrogen) atoms. The Balaban J connectivity index is 1.45. The molecule has 4 aromatic rings. The Morgan fingerprint density at radius 3 is 2.58 bits per heavy atom. The van der Waals surface area contributed by atoms with Crippen LogP contribution in [0, 0.1) is 31.6 Å². The minimum Gasteiger partial charge on any atom is -0.455 e. The highest BCUT2D eigenvalue weighted by Crippen LogP contribution is 2.29. The maximum atomic E-state index is 12.0. The summed E-state index contributed by atoms with van der Waals surface area (Å²) in [6, 6.07) is 15.3. The Morgan fingerprint density at radius 2 is 1.84 bits per heavy atom. The molecule has 1 atom stereocenters. The fourth-order valence-corrected chi connectivity index (χ4v) is 3.55. The van der Waals surface area contributed by atoms with E-state index in [9.17, 15) is 4.79 Å². The predicted octanol–water partition coefficient (Wildman–Crippen LogP) is 5.87. The number of amides is 2. The van der Waals surface area contributed by atoms with Gasteiger partial charge in [-0.05, 0) is 80.8 Å². The number of urea groups is 1. The number of carbonyl (C=O) groups is 1. The second-order valence-electron chi connectivity index (χ2n) is 9.46. The second kappa shape index (κ2) is 12.1. The molecule has 0 aliphatic heterocycles. The highest BCUT2D eigenvalue weighted by molar-refractivity contribution is 5.91. The molecule has 2 aromatic heterocycles. The smallest absolute Gasteiger partial charge is 0.315 e. The van der Waals surface area contributed by atoms with Gasteiger partial charge in [-0.2, -0.15) is 0 Å². The lowest BCUT2D eigenvalue weighted by atomic mass is 10.1. The van der Waals surface area contributed by atoms with E-state index in [1.807, 2.05) is 69.3 Å². The molecule has 0 saturated carbocycles. The molecule has 0 saturated heterocycles. The molecule has 3 N–H and O–H groups in total. The van der Waals surface area contributed by atoms with Crippen LogP contribution in [0.25, 0.3) is 10.9 Å². The first-order valence-corrected chi connectivity index (χ1v) is 12.5. The van der Waals surface area contributed by atoms with E-state index in [0.29, 0.717) is 17.5 Å². The number of hydrogen-bond acceptors (Lipinski definition) is 6. The van der Waals surface area contributed by atoms with Crippen LogP contribution in [0.3, 0.4) is 0 Å². The number of pyridine rings is 1. The van der Waals surface area contributed by atoms with Gasteiger partial charge in [0.15, 0.2) is 0 Å². The molecule has 2 aromatic carbocycles. The van der Waals surface area contributed by atoms with Crippen molar-refractivity contribution < 1.29 is 9.53 Å². The summed E-state index contributed by atoms with van der Waals surface area (Å²) in [4.78, 5) is 25.1. The van der Waals surface area contributed by atoms with Gasteiger partial charge < -0.3 is 20.7 Å². The first-order chi connectivity index (χ1) is 18.3. The van der Waals surface area contributed by atoms with E-state index < -0.39 is 0 Å². The lowest BCUT2D eigenvalue weighted by Gasteiger charge is -2.17. The van der Waals surface area contributed by atoms with Crippen LogP contribution >= 0.6 is 0 Å². The van der Waals surface area contributed by atoms with E-state index in [1.165, 1.54) is 6.33 Å². The van der Waals surface area contributed by atoms with Gasteiger partial charge in [-0.3, -0.25) is 4.98 Å². The van der Waals surface area contributed by atoms with Crippen molar-refractivity contribution in [2.75, 3.05) is 11.9 Å². The third kappa shape index (κ3) is 6.98. The summed E-state index contributed by atoms with van der Waals surface area (Å²) in [5.74, 6) is 8.59. The van der Waals surface area contributed by atoms with Crippen molar-refractivity contribution in [3.63, 3.8) is 0 Å². The summed E-state index contributed by atoms with van der Waals surface area (Å²) in [5.41, 5.74) is 4.39. The number of nitrogens with zero attached hydrogens (tertiary/aromatic N) is 3. The molecular formula is C30H32N6O2. The van der Waals surface area contributed by atoms with Gasteiger partial charge >= 0.3 is 6.03 Å². The first kappa shape index (κ1) is 26.4. The zero-order chi connectivity index (χ0) is 27.1. The van der Waals surface area contributed by atoms with E-state index >= 15 is 0 Å². The number of nitrogens with one attached hydrogen (secondary N) is 3. The molecule has 0 bridgehead atoms. The van der Waals surface area contributed by atoms with Crippen LogP contribution in [0.2, 0.25) is 0 Å². The maximum Gasteiger partial charge on any atom is 0.315 e. The van der Waals surface area contributed by atoms with E-state index in [2.05, 4.69) is 56.6 Å². The molecule has 0 fully saturated rings. The highest BCUT2D eigenvalue weighted by atomic mass is 16.5. The van der Waals surface area contributed by atoms with Crippen molar-refractivity contribution in [3.05, 3.63) is 77.9 Å². The summed E-state index contributed by atoms with van der Waals surface area (Å²) >= 11 is 0. The molecule has 0 spiro atoms. The average molecular weight is 509 g/mol. The summed E-state index contributed by atoms with van der Waals surface area (Å²) in [6.07, 6.45) is 3.25. The summed E-state index contributed by atoms with van der Waals surface area (Å²) < 4.78 is 5.98. The number of aromatic nitrogens is 3. The van der Waals surface area contributed by atoms with Crippen LogP contribution < -0.4 is 20.7 Å². The number of ether oxygens (including phenoxy) is 1. The zero-order valence-corrected chi connectivity index (χ0v) is 22.3. The van der Waals surface area contributed by atoms with Crippen LogP contribution in [-0.2, 0) is 0 Å². The second-order valence-corrected chi connectivity index (χ2v) is 9.46. The largest absolute Gasteiger partial charge is 0.455 e. The predicted molar refractivity (Wildman–Crippen MR) is 151 cm³/mol. The molecule has 2 heterocycles. The minimum atomic E-state index is -0.221. The first-order valence-electron chi connectivity index (χ1n) is 12.5. The third-order valence-corrected chi connectivity index (χ3v) is 6.11. The number of hydrogen-bond donors (Lipinski definition) is 3.